The van der Waals surface area contributed by atoms with E-state index in [1.165, 1.54) is 17.0 Å². The predicted octanol–water partition coefficient (Wildman–Crippen LogP) is 2.43. The van der Waals surface area contributed by atoms with Crippen molar-refractivity contribution in [2.24, 2.45) is 7.05 Å². The van der Waals surface area contributed by atoms with Crippen molar-refractivity contribution >= 4 is 0 Å². The van der Waals surface area contributed by atoms with Crippen molar-refractivity contribution in [2.75, 3.05) is 0 Å². The largest absolute Gasteiger partial charge is 0.308 e. The topological polar surface area (TPSA) is 29.9 Å². The molecule has 1 N–H and O–H groups in total. The molecule has 0 saturated heterocycles. The fourth-order valence-electron chi connectivity index (χ4n) is 1.95. The van der Waals surface area contributed by atoms with E-state index in [1.807, 2.05) is 11.7 Å². The lowest BCUT2D eigenvalue weighted by Gasteiger charge is -2.21. The maximum atomic E-state index is 4.58. The summed E-state index contributed by atoms with van der Waals surface area (Å²) in [7, 11) is 2.04. The average molecular weight is 223 g/mol. The van der Waals surface area contributed by atoms with Gasteiger partial charge < -0.3 is 5.32 Å². The Bertz CT molecular complexity index is 345. The van der Waals surface area contributed by atoms with Gasteiger partial charge in [0.05, 0.1) is 5.69 Å². The van der Waals surface area contributed by atoms with Crippen LogP contribution in [0.25, 0.3) is 0 Å². The summed E-state index contributed by atoms with van der Waals surface area (Å²) < 4.78 is 2.03. The standard InChI is InChI=1S/C13H25N3/c1-7-11-10(9-14-13(3,4)5)12(8-2)16(6)15-11/h14H,7-9H2,1-6H3. The SMILES string of the molecule is CCc1nn(C)c(CC)c1CNC(C)(C)C. The highest BCUT2D eigenvalue weighted by molar-refractivity contribution is 5.26. The van der Waals surface area contributed by atoms with Crippen LogP contribution >= 0.6 is 0 Å². The molecule has 3 heteroatoms. The van der Waals surface area contributed by atoms with Gasteiger partial charge in [-0.2, -0.15) is 5.10 Å². The molecule has 1 heterocycles. The Labute approximate surface area is 99.2 Å². The summed E-state index contributed by atoms with van der Waals surface area (Å²) >= 11 is 0. The molecule has 0 radical (unpaired) electrons. The normalized spacial score (nSPS) is 12.1. The highest BCUT2D eigenvalue weighted by atomic mass is 15.3. The maximum Gasteiger partial charge on any atom is 0.0669 e. The molecule has 0 amide bonds. The molecule has 0 bridgehead atoms. The maximum absolute atomic E-state index is 4.58. The summed E-state index contributed by atoms with van der Waals surface area (Å²) in [6.45, 7) is 11.9. The van der Waals surface area contributed by atoms with Crippen LogP contribution in [0.3, 0.4) is 0 Å². The first-order valence-corrected chi connectivity index (χ1v) is 6.17. The molecule has 3 nitrogen and oxygen atoms in total. The van der Waals surface area contributed by atoms with E-state index in [9.17, 15) is 0 Å². The predicted molar refractivity (Wildman–Crippen MR) is 68.6 cm³/mol. The molecular weight excluding hydrogens is 198 g/mol. The minimum absolute atomic E-state index is 0.159. The van der Waals surface area contributed by atoms with Crippen molar-refractivity contribution in [1.82, 2.24) is 15.1 Å². The molecule has 0 fully saturated rings. The van der Waals surface area contributed by atoms with Crippen molar-refractivity contribution in [3.8, 4) is 0 Å². The van der Waals surface area contributed by atoms with Crippen LogP contribution < -0.4 is 5.32 Å². The zero-order valence-electron chi connectivity index (χ0n) is 11.5. The third-order valence-electron chi connectivity index (χ3n) is 2.82. The lowest BCUT2D eigenvalue weighted by molar-refractivity contribution is 0.422. The quantitative estimate of drug-likeness (QED) is 0.849. The van der Waals surface area contributed by atoms with E-state index in [0.717, 1.165) is 19.4 Å². The van der Waals surface area contributed by atoms with Crippen LogP contribution in [0.5, 0.6) is 0 Å². The van der Waals surface area contributed by atoms with E-state index in [1.54, 1.807) is 0 Å². The summed E-state index contributed by atoms with van der Waals surface area (Å²) in [6, 6.07) is 0. The zero-order valence-corrected chi connectivity index (χ0v) is 11.5. The zero-order chi connectivity index (χ0) is 12.3. The molecule has 0 aromatic carbocycles. The molecule has 0 atom stereocenters. The fourth-order valence-corrected chi connectivity index (χ4v) is 1.95. The second-order valence-electron chi connectivity index (χ2n) is 5.31. The first-order valence-electron chi connectivity index (χ1n) is 6.17. The summed E-state index contributed by atoms with van der Waals surface area (Å²) in [4.78, 5) is 0. The van der Waals surface area contributed by atoms with E-state index < -0.39 is 0 Å². The van der Waals surface area contributed by atoms with E-state index >= 15 is 0 Å². The van der Waals surface area contributed by atoms with Crippen LogP contribution in [-0.2, 0) is 26.4 Å². The minimum atomic E-state index is 0.159. The first-order chi connectivity index (χ1) is 7.39. The summed E-state index contributed by atoms with van der Waals surface area (Å²) in [5, 5.41) is 8.12. The van der Waals surface area contributed by atoms with Crippen LogP contribution in [0.15, 0.2) is 0 Å². The van der Waals surface area contributed by atoms with Crippen LogP contribution in [0, 0.1) is 0 Å². The summed E-state index contributed by atoms with van der Waals surface area (Å²) in [5.74, 6) is 0. The molecular formula is C13H25N3. The third kappa shape index (κ3) is 3.08. The second-order valence-corrected chi connectivity index (χ2v) is 5.31. The highest BCUT2D eigenvalue weighted by Gasteiger charge is 2.16. The van der Waals surface area contributed by atoms with Crippen molar-refractivity contribution < 1.29 is 0 Å². The Morgan fingerprint density at radius 1 is 1.19 bits per heavy atom. The smallest absolute Gasteiger partial charge is 0.0669 e. The fraction of sp³-hybridized carbons (Fsp3) is 0.769. The Hall–Kier alpha value is -0.830. The van der Waals surface area contributed by atoms with Crippen molar-refractivity contribution in [2.45, 2.75) is 59.5 Å². The molecule has 0 aliphatic heterocycles. The van der Waals surface area contributed by atoms with E-state index in [0.29, 0.717) is 0 Å². The van der Waals surface area contributed by atoms with Gasteiger partial charge in [0.2, 0.25) is 0 Å². The van der Waals surface area contributed by atoms with Crippen LogP contribution in [-0.4, -0.2) is 15.3 Å². The Morgan fingerprint density at radius 3 is 2.25 bits per heavy atom. The van der Waals surface area contributed by atoms with Crippen LogP contribution in [0.4, 0.5) is 0 Å². The first kappa shape index (κ1) is 13.2. The van der Waals surface area contributed by atoms with Crippen LogP contribution in [0.1, 0.15) is 51.6 Å². The number of hydrogen-bond acceptors (Lipinski definition) is 2. The van der Waals surface area contributed by atoms with E-state index in [-0.39, 0.29) is 5.54 Å². The van der Waals surface area contributed by atoms with E-state index in [4.69, 9.17) is 0 Å². The molecule has 0 aliphatic carbocycles. The van der Waals surface area contributed by atoms with Gasteiger partial charge in [-0.1, -0.05) is 13.8 Å². The third-order valence-corrected chi connectivity index (χ3v) is 2.82. The number of nitrogens with one attached hydrogen (secondary N) is 1. The monoisotopic (exact) mass is 223 g/mol. The van der Waals surface area contributed by atoms with Crippen molar-refractivity contribution in [3.63, 3.8) is 0 Å². The molecule has 1 aromatic rings. The number of aryl methyl sites for hydroxylation is 2. The summed E-state index contributed by atoms with van der Waals surface area (Å²) in [6.07, 6.45) is 2.06. The molecule has 0 saturated carbocycles. The van der Waals surface area contributed by atoms with Gasteiger partial charge in [-0.15, -0.1) is 0 Å². The van der Waals surface area contributed by atoms with Gasteiger partial charge in [-0.05, 0) is 33.6 Å². The van der Waals surface area contributed by atoms with Gasteiger partial charge in [0.1, 0.15) is 0 Å². The van der Waals surface area contributed by atoms with Gasteiger partial charge >= 0.3 is 0 Å². The molecule has 1 aromatic heterocycles. The molecule has 0 unspecified atom stereocenters. The lowest BCUT2D eigenvalue weighted by Crippen LogP contribution is -2.35. The van der Waals surface area contributed by atoms with Gasteiger partial charge in [0.15, 0.2) is 0 Å². The Morgan fingerprint density at radius 2 is 1.81 bits per heavy atom. The van der Waals surface area contributed by atoms with Gasteiger partial charge in [0, 0.05) is 30.4 Å². The number of hydrogen-bond donors (Lipinski definition) is 1. The Balaban J connectivity index is 2.92. The van der Waals surface area contributed by atoms with E-state index in [2.05, 4.69) is 45.0 Å². The molecule has 92 valence electrons. The van der Waals surface area contributed by atoms with Gasteiger partial charge in [-0.3, -0.25) is 4.68 Å². The number of aromatic nitrogens is 2. The van der Waals surface area contributed by atoms with Crippen molar-refractivity contribution in [1.29, 1.82) is 0 Å². The highest BCUT2D eigenvalue weighted by Crippen LogP contribution is 2.16. The summed E-state index contributed by atoms with van der Waals surface area (Å²) in [5.41, 5.74) is 4.14. The van der Waals surface area contributed by atoms with Gasteiger partial charge in [-0.25, -0.2) is 0 Å². The number of nitrogens with zero attached hydrogens (tertiary/aromatic N) is 2. The average Bonchev–Trinajstić information content (AvgIpc) is 2.49. The van der Waals surface area contributed by atoms with Gasteiger partial charge in [0.25, 0.3) is 0 Å². The second kappa shape index (κ2) is 5.00. The molecule has 0 aliphatic rings. The Kier molecular flexibility index (Phi) is 4.14. The number of rotatable bonds is 4. The lowest BCUT2D eigenvalue weighted by atomic mass is 10.1. The molecule has 1 rings (SSSR count). The minimum Gasteiger partial charge on any atom is -0.308 e. The molecule has 16 heavy (non-hydrogen) atoms. The van der Waals surface area contributed by atoms with Crippen molar-refractivity contribution in [3.05, 3.63) is 17.0 Å². The molecule has 0 spiro atoms. The van der Waals surface area contributed by atoms with Crippen LogP contribution in [0.2, 0.25) is 0 Å².